The van der Waals surface area contributed by atoms with E-state index >= 15 is 0 Å². The minimum atomic E-state index is 0. The van der Waals surface area contributed by atoms with Crippen molar-refractivity contribution in [3.8, 4) is 0 Å². The Bertz CT molecular complexity index is 772. The molecule has 0 radical (unpaired) electrons. The van der Waals surface area contributed by atoms with E-state index < -0.39 is 0 Å². The number of rotatable bonds is 6. The third kappa shape index (κ3) is 6.25. The van der Waals surface area contributed by atoms with E-state index in [1.165, 1.54) is 5.69 Å². The number of anilines is 4. The molecule has 0 saturated carbocycles. The normalized spacial score (nSPS) is 13.7. The van der Waals surface area contributed by atoms with Crippen LogP contribution in [0.5, 0.6) is 0 Å². The minimum absolute atomic E-state index is 0. The first-order valence-corrected chi connectivity index (χ1v) is 8.93. The molecular weight excluding hydrogens is 415 g/mol. The Balaban J connectivity index is 0.00000210. The van der Waals surface area contributed by atoms with Gasteiger partial charge in [-0.25, -0.2) is 4.98 Å². The number of nitrogens with zero attached hydrogens (tertiary/aromatic N) is 5. The predicted octanol–water partition coefficient (Wildman–Crippen LogP) is 1.43. The van der Waals surface area contributed by atoms with Gasteiger partial charge in [0.1, 0.15) is 12.3 Å². The number of halogens is 2. The lowest BCUT2D eigenvalue weighted by Crippen LogP contribution is -2.47. The Hall–Kier alpha value is -2.49. The number of hydrogen-bond donors (Lipinski definition) is 3. The van der Waals surface area contributed by atoms with Crippen LogP contribution in [0.1, 0.15) is 11.3 Å². The molecule has 1 saturated heterocycles. The van der Waals surface area contributed by atoms with Crippen LogP contribution in [-0.4, -0.2) is 55.5 Å². The lowest BCUT2D eigenvalue weighted by Gasteiger charge is -2.38. The van der Waals surface area contributed by atoms with E-state index in [9.17, 15) is 0 Å². The monoisotopic (exact) mass is 442 g/mol. The van der Waals surface area contributed by atoms with Gasteiger partial charge in [0.25, 0.3) is 0 Å². The highest BCUT2D eigenvalue weighted by Gasteiger charge is 2.22. The summed E-state index contributed by atoms with van der Waals surface area (Å²) < 4.78 is 0. The average Bonchev–Trinajstić information content (AvgIpc) is 2.66. The molecule has 9 nitrogen and oxygen atoms in total. The highest BCUT2D eigenvalue weighted by Crippen LogP contribution is 2.27. The van der Waals surface area contributed by atoms with Crippen molar-refractivity contribution in [2.24, 2.45) is 10.9 Å². The zero-order valence-corrected chi connectivity index (χ0v) is 18.0. The van der Waals surface area contributed by atoms with Crippen molar-refractivity contribution in [1.29, 1.82) is 0 Å². The fourth-order valence-corrected chi connectivity index (χ4v) is 3.17. The van der Waals surface area contributed by atoms with Gasteiger partial charge in [-0.1, -0.05) is 17.3 Å². The standard InChI is InChI=1S/C18H26N8O.2ClH/c1-13-16(17(20)24-18(21)23-13)26-9-7-25(8-10-26)15-4-2-14(3-5-15)12-22-27-11-6-19;;/h2-5,12H,6-11,19H2,1H3,(H4,20,21,23,24);2*1H/b22-12+;;. The number of nitrogens with two attached hydrogens (primary N) is 3. The molecule has 160 valence electrons. The average molecular weight is 443 g/mol. The van der Waals surface area contributed by atoms with Crippen molar-refractivity contribution >= 4 is 54.2 Å². The Morgan fingerprint density at radius 1 is 1.03 bits per heavy atom. The van der Waals surface area contributed by atoms with Gasteiger partial charge in [-0.2, -0.15) is 4.98 Å². The third-order valence-corrected chi connectivity index (χ3v) is 4.44. The predicted molar refractivity (Wildman–Crippen MR) is 124 cm³/mol. The molecule has 0 atom stereocenters. The molecule has 1 aromatic carbocycles. The molecule has 0 spiro atoms. The summed E-state index contributed by atoms with van der Waals surface area (Å²) in [4.78, 5) is 17.9. The first-order chi connectivity index (χ1) is 13.1. The molecule has 2 aromatic rings. The summed E-state index contributed by atoms with van der Waals surface area (Å²) in [5, 5.41) is 3.88. The second-order valence-electron chi connectivity index (χ2n) is 6.32. The molecule has 1 aliphatic rings. The fourth-order valence-electron chi connectivity index (χ4n) is 3.17. The number of hydrogen-bond acceptors (Lipinski definition) is 9. The second-order valence-corrected chi connectivity index (χ2v) is 6.32. The molecular formula is C18H28Cl2N8O. The van der Waals surface area contributed by atoms with Gasteiger partial charge in [-0.05, 0) is 24.6 Å². The lowest BCUT2D eigenvalue weighted by atomic mass is 10.2. The van der Waals surface area contributed by atoms with Gasteiger partial charge in [0.05, 0.1) is 11.9 Å². The second kappa shape index (κ2) is 11.5. The molecule has 2 heterocycles. The van der Waals surface area contributed by atoms with Crippen molar-refractivity contribution in [1.82, 2.24) is 9.97 Å². The minimum Gasteiger partial charge on any atom is -0.394 e. The van der Waals surface area contributed by atoms with E-state index in [2.05, 4.69) is 37.1 Å². The van der Waals surface area contributed by atoms with Crippen molar-refractivity contribution in [2.75, 3.05) is 60.6 Å². The highest BCUT2D eigenvalue weighted by molar-refractivity contribution is 5.85. The number of oxime groups is 1. The van der Waals surface area contributed by atoms with Crippen molar-refractivity contribution < 1.29 is 4.84 Å². The maximum atomic E-state index is 6.06. The zero-order valence-electron chi connectivity index (χ0n) is 16.3. The maximum Gasteiger partial charge on any atom is 0.222 e. The van der Waals surface area contributed by atoms with Gasteiger partial charge in [0.2, 0.25) is 5.95 Å². The quantitative estimate of drug-likeness (QED) is 0.347. The topological polar surface area (TPSA) is 132 Å². The van der Waals surface area contributed by atoms with Crippen LogP contribution in [-0.2, 0) is 4.84 Å². The van der Waals surface area contributed by atoms with Gasteiger partial charge in [-0.15, -0.1) is 24.8 Å². The molecule has 0 unspecified atom stereocenters. The molecule has 0 bridgehead atoms. The molecule has 1 fully saturated rings. The summed E-state index contributed by atoms with van der Waals surface area (Å²) in [5.41, 5.74) is 20.9. The SMILES string of the molecule is Cc1nc(N)nc(N)c1N1CCN(c2ccc(/C=N/OCCN)cc2)CC1.Cl.Cl. The number of aryl methyl sites for hydroxylation is 1. The van der Waals surface area contributed by atoms with Crippen LogP contribution in [0.4, 0.5) is 23.1 Å². The fraction of sp³-hybridized carbons (Fsp3) is 0.389. The van der Waals surface area contributed by atoms with E-state index in [-0.39, 0.29) is 30.8 Å². The molecule has 1 aliphatic heterocycles. The number of nitrogen functional groups attached to an aromatic ring is 2. The Kier molecular flexibility index (Phi) is 9.73. The third-order valence-electron chi connectivity index (χ3n) is 4.44. The number of benzene rings is 1. The summed E-state index contributed by atoms with van der Waals surface area (Å²) in [7, 11) is 0. The van der Waals surface area contributed by atoms with E-state index in [0.29, 0.717) is 19.0 Å². The van der Waals surface area contributed by atoms with E-state index in [4.69, 9.17) is 22.0 Å². The lowest BCUT2D eigenvalue weighted by molar-refractivity contribution is 0.154. The first-order valence-electron chi connectivity index (χ1n) is 8.93. The van der Waals surface area contributed by atoms with Crippen LogP contribution >= 0.6 is 24.8 Å². The van der Waals surface area contributed by atoms with Crippen LogP contribution < -0.4 is 27.0 Å². The van der Waals surface area contributed by atoms with Crippen LogP contribution in [0.25, 0.3) is 0 Å². The largest absolute Gasteiger partial charge is 0.394 e. The smallest absolute Gasteiger partial charge is 0.222 e. The van der Waals surface area contributed by atoms with Crippen LogP contribution in [0.3, 0.4) is 0 Å². The van der Waals surface area contributed by atoms with E-state index in [1.807, 2.05) is 19.1 Å². The molecule has 0 amide bonds. The summed E-state index contributed by atoms with van der Waals surface area (Å²) in [5.74, 6) is 0.651. The van der Waals surface area contributed by atoms with Gasteiger partial charge < -0.3 is 31.8 Å². The zero-order chi connectivity index (χ0) is 19.2. The summed E-state index contributed by atoms with van der Waals surface area (Å²) in [6.45, 7) is 6.24. The molecule has 29 heavy (non-hydrogen) atoms. The summed E-state index contributed by atoms with van der Waals surface area (Å²) in [6.07, 6.45) is 1.68. The van der Waals surface area contributed by atoms with E-state index in [0.717, 1.165) is 43.1 Å². The van der Waals surface area contributed by atoms with Gasteiger partial charge in [0, 0.05) is 38.4 Å². The number of piperazine rings is 1. The van der Waals surface area contributed by atoms with Gasteiger partial charge in [0.15, 0.2) is 5.82 Å². The van der Waals surface area contributed by atoms with Gasteiger partial charge in [-0.3, -0.25) is 0 Å². The molecule has 6 N–H and O–H groups in total. The molecule has 11 heteroatoms. The Labute approximate surface area is 183 Å². The van der Waals surface area contributed by atoms with Crippen LogP contribution in [0, 0.1) is 6.92 Å². The highest BCUT2D eigenvalue weighted by atomic mass is 35.5. The summed E-state index contributed by atoms with van der Waals surface area (Å²) >= 11 is 0. The number of aromatic nitrogens is 2. The van der Waals surface area contributed by atoms with Crippen molar-refractivity contribution in [3.05, 3.63) is 35.5 Å². The first kappa shape index (κ1) is 24.5. The summed E-state index contributed by atoms with van der Waals surface area (Å²) in [6, 6.07) is 8.22. The molecule has 0 aliphatic carbocycles. The Morgan fingerprint density at radius 2 is 1.66 bits per heavy atom. The van der Waals surface area contributed by atoms with Crippen molar-refractivity contribution in [2.45, 2.75) is 6.92 Å². The molecule has 3 rings (SSSR count). The van der Waals surface area contributed by atoms with E-state index in [1.54, 1.807) is 6.21 Å². The molecule has 1 aromatic heterocycles. The van der Waals surface area contributed by atoms with Gasteiger partial charge >= 0.3 is 0 Å². The van der Waals surface area contributed by atoms with Crippen molar-refractivity contribution in [3.63, 3.8) is 0 Å². The van der Waals surface area contributed by atoms with Crippen LogP contribution in [0.15, 0.2) is 29.4 Å². The van der Waals surface area contributed by atoms with Crippen LogP contribution in [0.2, 0.25) is 0 Å². The maximum absolute atomic E-state index is 6.06. The Morgan fingerprint density at radius 3 is 2.24 bits per heavy atom.